The van der Waals surface area contributed by atoms with Crippen LogP contribution < -0.4 is 4.74 Å². The monoisotopic (exact) mass is 330 g/mol. The topological polar surface area (TPSA) is 22.4 Å². The molecule has 0 aliphatic carbocycles. The number of rotatable bonds is 2. The van der Waals surface area contributed by atoms with Crippen LogP contribution in [0, 0.1) is 0 Å². The molecule has 0 amide bonds. The highest BCUT2D eigenvalue weighted by atomic mass is 32.1. The highest BCUT2D eigenvalue weighted by Gasteiger charge is 2.40. The van der Waals surface area contributed by atoms with Gasteiger partial charge in [-0.3, -0.25) is 0 Å². The number of fused-ring (bicyclic) bond motifs is 3. The molecule has 1 aliphatic heterocycles. The van der Waals surface area contributed by atoms with Crippen LogP contribution in [0.4, 0.5) is 0 Å². The maximum absolute atomic E-state index is 6.54. The van der Waals surface area contributed by atoms with Crippen molar-refractivity contribution >= 4 is 28.2 Å². The Balaban J connectivity index is 1.74. The summed E-state index contributed by atoms with van der Waals surface area (Å²) in [6, 6.07) is 18.5. The van der Waals surface area contributed by atoms with Crippen LogP contribution in [-0.2, 0) is 5.60 Å². The molecule has 5 rings (SSSR count). The SMILES string of the molecule is C1=CC(c2ccsc2)(c2ccco2)Oc2ccc3ccccc3c21. The third kappa shape index (κ3) is 1.88. The Morgan fingerprint density at radius 1 is 0.917 bits per heavy atom. The molecule has 0 N–H and O–H groups in total. The first-order valence-electron chi connectivity index (χ1n) is 7.83. The highest BCUT2D eigenvalue weighted by molar-refractivity contribution is 7.08. The number of hydrogen-bond acceptors (Lipinski definition) is 3. The second-order valence-electron chi connectivity index (χ2n) is 5.86. The Morgan fingerprint density at radius 2 is 1.88 bits per heavy atom. The van der Waals surface area contributed by atoms with E-state index < -0.39 is 5.60 Å². The summed E-state index contributed by atoms with van der Waals surface area (Å²) in [6.45, 7) is 0. The Kier molecular flexibility index (Phi) is 2.91. The second kappa shape index (κ2) is 5.11. The van der Waals surface area contributed by atoms with Gasteiger partial charge in [0.2, 0.25) is 5.60 Å². The van der Waals surface area contributed by atoms with Crippen molar-refractivity contribution in [3.05, 3.63) is 94.6 Å². The van der Waals surface area contributed by atoms with Gasteiger partial charge in [0.15, 0.2) is 5.76 Å². The van der Waals surface area contributed by atoms with Crippen molar-refractivity contribution in [3.8, 4) is 5.75 Å². The molecule has 2 aromatic carbocycles. The summed E-state index contributed by atoms with van der Waals surface area (Å²) < 4.78 is 12.3. The fraction of sp³-hybridized carbons (Fsp3) is 0.0476. The van der Waals surface area contributed by atoms with Gasteiger partial charge in [0.05, 0.1) is 6.26 Å². The minimum absolute atomic E-state index is 0.709. The average Bonchev–Trinajstić information content (AvgIpc) is 3.35. The molecule has 0 bridgehead atoms. The Labute approximate surface area is 143 Å². The van der Waals surface area contributed by atoms with Gasteiger partial charge in [-0.25, -0.2) is 0 Å². The normalized spacial score (nSPS) is 19.2. The van der Waals surface area contributed by atoms with Crippen molar-refractivity contribution in [2.45, 2.75) is 5.60 Å². The molecule has 2 aromatic heterocycles. The molecule has 116 valence electrons. The molecule has 3 heteroatoms. The third-order valence-electron chi connectivity index (χ3n) is 4.52. The summed E-state index contributed by atoms with van der Waals surface area (Å²) in [6.07, 6.45) is 5.95. The van der Waals surface area contributed by atoms with Crippen LogP contribution in [-0.4, -0.2) is 0 Å². The zero-order valence-corrected chi connectivity index (χ0v) is 13.6. The van der Waals surface area contributed by atoms with Gasteiger partial charge in [0.1, 0.15) is 5.75 Å². The Bertz CT molecular complexity index is 993. The van der Waals surface area contributed by atoms with Gasteiger partial charge in [0.25, 0.3) is 0 Å². The molecule has 1 atom stereocenters. The lowest BCUT2D eigenvalue weighted by Gasteiger charge is -2.33. The van der Waals surface area contributed by atoms with E-state index in [1.807, 2.05) is 18.2 Å². The summed E-state index contributed by atoms with van der Waals surface area (Å²) in [5, 5.41) is 6.58. The molecule has 0 saturated carbocycles. The minimum Gasteiger partial charge on any atom is -0.470 e. The average molecular weight is 330 g/mol. The molecular formula is C21H14O2S. The lowest BCUT2D eigenvalue weighted by atomic mass is 9.88. The summed E-state index contributed by atoms with van der Waals surface area (Å²) in [5.74, 6) is 1.66. The van der Waals surface area contributed by atoms with Crippen LogP contribution in [0.1, 0.15) is 16.9 Å². The Hall–Kier alpha value is -2.78. The van der Waals surface area contributed by atoms with E-state index >= 15 is 0 Å². The zero-order chi connectivity index (χ0) is 16.0. The maximum Gasteiger partial charge on any atom is 0.210 e. The molecule has 0 saturated heterocycles. The molecule has 1 aliphatic rings. The standard InChI is InChI=1S/C21H14O2S/c1-2-5-17-15(4-1)7-8-19-18(17)9-11-21(23-19,16-10-13-24-14-16)20-6-3-12-22-20/h1-14H. The predicted molar refractivity (Wildman–Crippen MR) is 97.4 cm³/mol. The molecule has 0 radical (unpaired) electrons. The van der Waals surface area contributed by atoms with E-state index in [9.17, 15) is 0 Å². The fourth-order valence-electron chi connectivity index (χ4n) is 3.34. The van der Waals surface area contributed by atoms with Crippen LogP contribution in [0.5, 0.6) is 5.75 Å². The van der Waals surface area contributed by atoms with Crippen molar-refractivity contribution in [3.63, 3.8) is 0 Å². The summed E-state index contributed by atoms with van der Waals surface area (Å²) in [7, 11) is 0. The van der Waals surface area contributed by atoms with Gasteiger partial charge in [-0.2, -0.15) is 11.3 Å². The molecule has 4 aromatic rings. The number of thiophene rings is 1. The molecule has 0 spiro atoms. The lowest BCUT2D eigenvalue weighted by Crippen LogP contribution is -2.33. The third-order valence-corrected chi connectivity index (χ3v) is 5.21. The molecular weight excluding hydrogens is 316 g/mol. The van der Waals surface area contributed by atoms with Crippen molar-refractivity contribution in [1.29, 1.82) is 0 Å². The molecule has 24 heavy (non-hydrogen) atoms. The van der Waals surface area contributed by atoms with Gasteiger partial charge < -0.3 is 9.15 Å². The highest BCUT2D eigenvalue weighted by Crippen LogP contribution is 2.44. The number of ether oxygens (including phenoxy) is 1. The number of furan rings is 1. The van der Waals surface area contributed by atoms with Crippen LogP contribution in [0.2, 0.25) is 0 Å². The van der Waals surface area contributed by atoms with E-state index in [1.165, 1.54) is 10.8 Å². The molecule has 0 fully saturated rings. The first-order chi connectivity index (χ1) is 11.9. The van der Waals surface area contributed by atoms with E-state index in [0.717, 1.165) is 22.6 Å². The lowest BCUT2D eigenvalue weighted by molar-refractivity contribution is 0.133. The summed E-state index contributed by atoms with van der Waals surface area (Å²) in [4.78, 5) is 0. The summed E-state index contributed by atoms with van der Waals surface area (Å²) in [5.41, 5.74) is 1.49. The van der Waals surface area contributed by atoms with Gasteiger partial charge >= 0.3 is 0 Å². The quantitative estimate of drug-likeness (QED) is 0.460. The van der Waals surface area contributed by atoms with Gasteiger partial charge in [-0.15, -0.1) is 0 Å². The molecule has 1 unspecified atom stereocenters. The van der Waals surface area contributed by atoms with Crippen molar-refractivity contribution in [2.24, 2.45) is 0 Å². The van der Waals surface area contributed by atoms with Crippen LogP contribution in [0.3, 0.4) is 0 Å². The second-order valence-corrected chi connectivity index (χ2v) is 6.64. The van der Waals surface area contributed by atoms with Gasteiger partial charge in [0, 0.05) is 11.1 Å². The van der Waals surface area contributed by atoms with E-state index in [2.05, 4.69) is 59.3 Å². The van der Waals surface area contributed by atoms with Gasteiger partial charge in [-0.1, -0.05) is 30.3 Å². The summed E-state index contributed by atoms with van der Waals surface area (Å²) >= 11 is 1.66. The number of hydrogen-bond donors (Lipinski definition) is 0. The van der Waals surface area contributed by atoms with Crippen LogP contribution in [0.15, 0.2) is 82.1 Å². The van der Waals surface area contributed by atoms with Crippen molar-refractivity contribution in [2.75, 3.05) is 0 Å². The maximum atomic E-state index is 6.54. The minimum atomic E-state index is -0.709. The first-order valence-corrected chi connectivity index (χ1v) is 8.78. The first kappa shape index (κ1) is 13.6. The number of benzene rings is 2. The Morgan fingerprint density at radius 3 is 2.71 bits per heavy atom. The largest absolute Gasteiger partial charge is 0.470 e. The van der Waals surface area contributed by atoms with Crippen LogP contribution >= 0.6 is 11.3 Å². The zero-order valence-electron chi connectivity index (χ0n) is 12.8. The van der Waals surface area contributed by atoms with Crippen LogP contribution in [0.25, 0.3) is 16.8 Å². The van der Waals surface area contributed by atoms with Gasteiger partial charge in [-0.05, 0) is 58.0 Å². The van der Waals surface area contributed by atoms with Crippen molar-refractivity contribution in [1.82, 2.24) is 0 Å². The molecule has 3 heterocycles. The molecule has 2 nitrogen and oxygen atoms in total. The van der Waals surface area contributed by atoms with E-state index in [-0.39, 0.29) is 0 Å². The van der Waals surface area contributed by atoms with E-state index in [4.69, 9.17) is 9.15 Å². The van der Waals surface area contributed by atoms with E-state index in [0.29, 0.717) is 0 Å². The smallest absolute Gasteiger partial charge is 0.210 e. The fourth-order valence-corrected chi connectivity index (χ4v) is 4.04. The van der Waals surface area contributed by atoms with E-state index in [1.54, 1.807) is 17.6 Å². The van der Waals surface area contributed by atoms with Crippen molar-refractivity contribution < 1.29 is 9.15 Å². The predicted octanol–water partition coefficient (Wildman–Crippen LogP) is 5.84.